The lowest BCUT2D eigenvalue weighted by Crippen LogP contribution is -1.89. The van der Waals surface area contributed by atoms with Crippen LogP contribution in [0.3, 0.4) is 0 Å². The molecule has 2 aromatic rings. The van der Waals surface area contributed by atoms with Gasteiger partial charge in [-0.1, -0.05) is 5.92 Å². The Balaban J connectivity index is 2.15. The Morgan fingerprint density at radius 3 is 2.53 bits per heavy atom. The van der Waals surface area contributed by atoms with Crippen LogP contribution >= 0.6 is 0 Å². The third-order valence-electron chi connectivity index (χ3n) is 1.93. The zero-order chi connectivity index (χ0) is 10.7. The van der Waals surface area contributed by atoms with E-state index in [1.54, 1.807) is 10.7 Å². The summed E-state index contributed by atoms with van der Waals surface area (Å²) in [5, 5.41) is 4.10. The first-order valence-electron chi connectivity index (χ1n) is 4.52. The Hall–Kier alpha value is -2.21. The van der Waals surface area contributed by atoms with Gasteiger partial charge in [-0.05, 0) is 24.3 Å². The first kappa shape index (κ1) is 9.35. The second-order valence-corrected chi connectivity index (χ2v) is 3.10. The van der Waals surface area contributed by atoms with Gasteiger partial charge in [-0.2, -0.15) is 0 Å². The molecule has 0 aliphatic heterocycles. The zero-order valence-electron chi connectivity index (χ0n) is 8.34. The van der Waals surface area contributed by atoms with E-state index < -0.39 is 0 Å². The van der Waals surface area contributed by atoms with E-state index in [2.05, 4.69) is 11.0 Å². The summed E-state index contributed by atoms with van der Waals surface area (Å²) in [5.41, 5.74) is 0.836. The molecule has 0 N–H and O–H groups in total. The zero-order valence-corrected chi connectivity index (χ0v) is 8.34. The van der Waals surface area contributed by atoms with E-state index in [0.717, 1.165) is 11.3 Å². The van der Waals surface area contributed by atoms with E-state index >= 15 is 0 Å². The molecule has 0 spiro atoms. The summed E-state index contributed by atoms with van der Waals surface area (Å²) < 4.78 is 7.18. The summed E-state index contributed by atoms with van der Waals surface area (Å²) in [6.45, 7) is 0. The number of aryl methyl sites for hydroxylation is 1. The molecule has 15 heavy (non-hydrogen) atoms. The average molecular weight is 198 g/mol. The molecule has 0 fully saturated rings. The minimum absolute atomic E-state index is 0.575. The molecule has 3 heteroatoms. The van der Waals surface area contributed by atoms with Crippen molar-refractivity contribution in [3.05, 3.63) is 42.1 Å². The van der Waals surface area contributed by atoms with Gasteiger partial charge in [-0.15, -0.1) is 11.5 Å². The van der Waals surface area contributed by atoms with E-state index in [9.17, 15) is 0 Å². The molecule has 1 heterocycles. The molecule has 0 bridgehead atoms. The SMILES string of the molecule is C#Cc1ccc(Oc2ccn(C)n2)cc1. The highest BCUT2D eigenvalue weighted by Gasteiger charge is 1.99. The minimum Gasteiger partial charge on any atom is -0.438 e. The Morgan fingerprint density at radius 1 is 1.27 bits per heavy atom. The molecule has 0 saturated carbocycles. The highest BCUT2D eigenvalue weighted by molar-refractivity contribution is 5.37. The van der Waals surface area contributed by atoms with Crippen molar-refractivity contribution in [1.82, 2.24) is 9.78 Å². The van der Waals surface area contributed by atoms with Crippen molar-refractivity contribution in [3.63, 3.8) is 0 Å². The minimum atomic E-state index is 0.575. The molecule has 0 radical (unpaired) electrons. The fraction of sp³-hybridized carbons (Fsp3) is 0.0833. The fourth-order valence-electron chi connectivity index (χ4n) is 1.19. The fourth-order valence-corrected chi connectivity index (χ4v) is 1.19. The molecule has 0 aliphatic rings. The lowest BCUT2D eigenvalue weighted by molar-refractivity contribution is 0.454. The van der Waals surface area contributed by atoms with Crippen LogP contribution in [0.1, 0.15) is 5.56 Å². The number of terminal acetylenes is 1. The second-order valence-electron chi connectivity index (χ2n) is 3.10. The summed E-state index contributed by atoms with van der Waals surface area (Å²) in [6, 6.07) is 9.11. The van der Waals surface area contributed by atoms with Gasteiger partial charge in [-0.3, -0.25) is 4.68 Å². The van der Waals surface area contributed by atoms with Gasteiger partial charge in [0.15, 0.2) is 0 Å². The third-order valence-corrected chi connectivity index (χ3v) is 1.93. The Bertz CT molecular complexity index is 491. The number of ether oxygens (including phenoxy) is 1. The highest BCUT2D eigenvalue weighted by Crippen LogP contribution is 2.19. The molecule has 1 aromatic heterocycles. The quantitative estimate of drug-likeness (QED) is 0.692. The standard InChI is InChI=1S/C12H10N2O/c1-3-10-4-6-11(7-5-10)15-12-8-9-14(2)13-12/h1,4-9H,2H3. The Morgan fingerprint density at radius 2 is 2.00 bits per heavy atom. The van der Waals surface area contributed by atoms with Gasteiger partial charge in [0.25, 0.3) is 0 Å². The largest absolute Gasteiger partial charge is 0.438 e. The lowest BCUT2D eigenvalue weighted by Gasteiger charge is -2.01. The summed E-state index contributed by atoms with van der Waals surface area (Å²) in [6.07, 6.45) is 7.07. The normalized spacial score (nSPS) is 9.60. The predicted molar refractivity (Wildman–Crippen MR) is 57.7 cm³/mol. The molecule has 0 atom stereocenters. The lowest BCUT2D eigenvalue weighted by atomic mass is 10.2. The Kier molecular flexibility index (Phi) is 2.42. The van der Waals surface area contributed by atoms with Crippen molar-refractivity contribution < 1.29 is 4.74 Å². The van der Waals surface area contributed by atoms with E-state index in [1.807, 2.05) is 37.5 Å². The van der Waals surface area contributed by atoms with Crippen LogP contribution in [0.5, 0.6) is 11.6 Å². The van der Waals surface area contributed by atoms with Crippen LogP contribution in [0.4, 0.5) is 0 Å². The number of nitrogens with zero attached hydrogens (tertiary/aromatic N) is 2. The third kappa shape index (κ3) is 2.18. The van der Waals surface area contributed by atoms with E-state index in [1.165, 1.54) is 0 Å². The number of aromatic nitrogens is 2. The summed E-state index contributed by atoms with van der Waals surface area (Å²) in [5.74, 6) is 3.85. The number of hydrogen-bond donors (Lipinski definition) is 0. The van der Waals surface area contributed by atoms with Crippen LogP contribution < -0.4 is 4.74 Å². The molecule has 0 saturated heterocycles. The van der Waals surface area contributed by atoms with Crippen molar-refractivity contribution >= 4 is 0 Å². The monoisotopic (exact) mass is 198 g/mol. The van der Waals surface area contributed by atoms with Gasteiger partial charge in [0.1, 0.15) is 5.75 Å². The van der Waals surface area contributed by atoms with Gasteiger partial charge in [0.05, 0.1) is 0 Å². The van der Waals surface area contributed by atoms with Crippen LogP contribution in [-0.2, 0) is 7.05 Å². The molecule has 0 amide bonds. The van der Waals surface area contributed by atoms with E-state index in [0.29, 0.717) is 5.88 Å². The maximum absolute atomic E-state index is 5.50. The van der Waals surface area contributed by atoms with Crippen LogP contribution in [0, 0.1) is 12.3 Å². The first-order chi connectivity index (χ1) is 7.28. The van der Waals surface area contributed by atoms with Crippen molar-refractivity contribution in [3.8, 4) is 24.0 Å². The summed E-state index contributed by atoms with van der Waals surface area (Å²) in [7, 11) is 1.84. The van der Waals surface area contributed by atoms with Gasteiger partial charge >= 0.3 is 0 Å². The van der Waals surface area contributed by atoms with Gasteiger partial charge in [-0.25, -0.2) is 0 Å². The Labute approximate surface area is 88.3 Å². The van der Waals surface area contributed by atoms with E-state index in [-0.39, 0.29) is 0 Å². The second kappa shape index (κ2) is 3.89. The molecule has 0 unspecified atom stereocenters. The highest BCUT2D eigenvalue weighted by atomic mass is 16.5. The number of rotatable bonds is 2. The number of benzene rings is 1. The van der Waals surface area contributed by atoms with Crippen LogP contribution in [0.2, 0.25) is 0 Å². The van der Waals surface area contributed by atoms with Gasteiger partial charge in [0.2, 0.25) is 5.88 Å². The van der Waals surface area contributed by atoms with Crippen molar-refractivity contribution in [1.29, 1.82) is 0 Å². The molecule has 74 valence electrons. The molecular formula is C12H10N2O. The van der Waals surface area contributed by atoms with Gasteiger partial charge in [0, 0.05) is 24.9 Å². The predicted octanol–water partition coefficient (Wildman–Crippen LogP) is 2.19. The van der Waals surface area contributed by atoms with Gasteiger partial charge < -0.3 is 4.74 Å². The molecule has 1 aromatic carbocycles. The smallest absolute Gasteiger partial charge is 0.238 e. The topological polar surface area (TPSA) is 27.1 Å². The van der Waals surface area contributed by atoms with Crippen molar-refractivity contribution in [2.75, 3.05) is 0 Å². The van der Waals surface area contributed by atoms with Crippen molar-refractivity contribution in [2.24, 2.45) is 7.05 Å². The van der Waals surface area contributed by atoms with Crippen LogP contribution in [0.25, 0.3) is 0 Å². The number of hydrogen-bond acceptors (Lipinski definition) is 2. The summed E-state index contributed by atoms with van der Waals surface area (Å²) in [4.78, 5) is 0. The first-order valence-corrected chi connectivity index (χ1v) is 4.52. The molecule has 2 rings (SSSR count). The molecular weight excluding hydrogens is 188 g/mol. The molecule has 3 nitrogen and oxygen atoms in total. The van der Waals surface area contributed by atoms with Crippen molar-refractivity contribution in [2.45, 2.75) is 0 Å². The van der Waals surface area contributed by atoms with Crippen LogP contribution in [-0.4, -0.2) is 9.78 Å². The summed E-state index contributed by atoms with van der Waals surface area (Å²) >= 11 is 0. The average Bonchev–Trinajstić information content (AvgIpc) is 2.65. The maximum Gasteiger partial charge on any atom is 0.238 e. The van der Waals surface area contributed by atoms with Crippen LogP contribution in [0.15, 0.2) is 36.5 Å². The molecule has 0 aliphatic carbocycles. The maximum atomic E-state index is 5.50. The van der Waals surface area contributed by atoms with E-state index in [4.69, 9.17) is 11.2 Å².